The van der Waals surface area contributed by atoms with Crippen LogP contribution in [-0.2, 0) is 17.8 Å². The lowest BCUT2D eigenvalue weighted by Gasteiger charge is -2.10. The Balaban J connectivity index is 1.62. The molecule has 2 amide bonds. The Bertz CT molecular complexity index is 1430. The van der Waals surface area contributed by atoms with E-state index in [9.17, 15) is 14.4 Å². The number of carbonyl (C=O) groups excluding carboxylic acids is 2. The number of rotatable bonds is 8. The average Bonchev–Trinajstić information content (AvgIpc) is 3.21. The Labute approximate surface area is 212 Å². The van der Waals surface area contributed by atoms with E-state index in [1.54, 1.807) is 48.7 Å². The van der Waals surface area contributed by atoms with Gasteiger partial charge in [-0.1, -0.05) is 48.9 Å². The Hall–Kier alpha value is -4.14. The van der Waals surface area contributed by atoms with E-state index in [0.29, 0.717) is 38.4 Å². The smallest absolute Gasteiger partial charge is 0.323 e. The highest BCUT2D eigenvalue weighted by Gasteiger charge is 2.19. The first-order chi connectivity index (χ1) is 17.4. The molecular weight excluding hydrogens is 480 g/mol. The molecule has 4 aromatic rings. The van der Waals surface area contributed by atoms with Crippen molar-refractivity contribution in [3.63, 3.8) is 0 Å². The summed E-state index contributed by atoms with van der Waals surface area (Å²) in [7, 11) is 0. The Morgan fingerprint density at radius 1 is 0.972 bits per heavy atom. The van der Waals surface area contributed by atoms with Gasteiger partial charge in [-0.3, -0.25) is 14.2 Å². The molecule has 1 aromatic heterocycles. The summed E-state index contributed by atoms with van der Waals surface area (Å²) in [6.45, 7) is 2.05. The van der Waals surface area contributed by atoms with Crippen LogP contribution in [0.25, 0.3) is 10.9 Å². The topological polar surface area (TPSA) is 112 Å². The highest BCUT2D eigenvalue weighted by atomic mass is 35.5. The molecule has 0 radical (unpaired) electrons. The summed E-state index contributed by atoms with van der Waals surface area (Å²) < 4.78 is 1.45. The first kappa shape index (κ1) is 25.0. The molecule has 0 aliphatic rings. The maximum Gasteiger partial charge on any atom is 0.323 e. The van der Waals surface area contributed by atoms with Crippen molar-refractivity contribution in [2.75, 3.05) is 17.2 Å². The molecule has 0 aliphatic heterocycles. The van der Waals surface area contributed by atoms with Crippen LogP contribution < -0.4 is 16.0 Å². The molecular formula is C27H25ClN4O4. The van der Waals surface area contributed by atoms with Crippen LogP contribution in [0.1, 0.15) is 28.4 Å². The second-order valence-electron chi connectivity index (χ2n) is 8.16. The van der Waals surface area contributed by atoms with Crippen LogP contribution >= 0.6 is 11.6 Å². The zero-order valence-electron chi connectivity index (χ0n) is 19.5. The summed E-state index contributed by atoms with van der Waals surface area (Å²) >= 11 is 6.22. The second kappa shape index (κ2) is 11.1. The lowest BCUT2D eigenvalue weighted by Crippen LogP contribution is -2.23. The summed E-state index contributed by atoms with van der Waals surface area (Å²) in [6.07, 6.45) is 2.46. The number of aryl methyl sites for hydroxylation is 1. The van der Waals surface area contributed by atoms with E-state index >= 15 is 0 Å². The Kier molecular flexibility index (Phi) is 7.68. The van der Waals surface area contributed by atoms with Gasteiger partial charge >= 0.3 is 12.0 Å². The summed E-state index contributed by atoms with van der Waals surface area (Å²) in [5, 5.41) is 18.4. The third-order valence-electron chi connectivity index (χ3n) is 5.69. The van der Waals surface area contributed by atoms with Crippen LogP contribution in [0.4, 0.5) is 16.2 Å². The fraction of sp³-hybridized carbons (Fsp3) is 0.148. The molecule has 0 fully saturated rings. The second-order valence-corrected chi connectivity index (χ2v) is 8.60. The minimum atomic E-state index is -0.984. The summed E-state index contributed by atoms with van der Waals surface area (Å²) in [5.41, 5.74) is 3.86. The number of carboxylic acids is 1. The number of benzene rings is 3. The van der Waals surface area contributed by atoms with E-state index in [-0.39, 0.29) is 19.0 Å². The van der Waals surface area contributed by atoms with Crippen LogP contribution in [0, 0.1) is 0 Å². The van der Waals surface area contributed by atoms with Crippen molar-refractivity contribution in [2.24, 2.45) is 0 Å². The van der Waals surface area contributed by atoms with Crippen LogP contribution in [0.15, 0.2) is 72.9 Å². The lowest BCUT2D eigenvalue weighted by molar-refractivity contribution is -0.136. The van der Waals surface area contributed by atoms with Gasteiger partial charge < -0.3 is 21.1 Å². The number of nitrogens with one attached hydrogen (secondary N) is 3. The predicted octanol–water partition coefficient (Wildman–Crippen LogP) is 5.36. The van der Waals surface area contributed by atoms with E-state index in [1.165, 1.54) is 4.57 Å². The molecule has 9 heteroatoms. The molecule has 0 saturated heterocycles. The number of halogens is 1. The number of carbonyl (C=O) groups is 3. The third kappa shape index (κ3) is 5.73. The monoisotopic (exact) mass is 504 g/mol. The number of hydrogen-bond acceptors (Lipinski definition) is 4. The highest BCUT2D eigenvalue weighted by Crippen LogP contribution is 2.30. The normalized spacial score (nSPS) is 10.8. The minimum Gasteiger partial charge on any atom is -0.480 e. The zero-order valence-corrected chi connectivity index (χ0v) is 20.3. The Morgan fingerprint density at radius 3 is 2.44 bits per heavy atom. The molecule has 3 aromatic carbocycles. The summed E-state index contributed by atoms with van der Waals surface area (Å²) in [6, 6.07) is 19.2. The standard InChI is InChI=1S/C27H25ClN4O4/c1-2-17-7-10-20(11-8-17)30-27(36)31-23-16-32(24-12-9-19(28)13-22(23)24)26(35)21-6-4-3-5-18(21)14-29-15-25(33)34/h3-13,16,29H,2,14-15H2,1H3,(H,33,34)(H2,30,31,36). The number of hydrogen-bond donors (Lipinski definition) is 4. The number of nitrogens with zero attached hydrogens (tertiary/aromatic N) is 1. The molecule has 184 valence electrons. The number of fused-ring (bicyclic) bond motifs is 1. The number of carboxylic acid groups (broad SMARTS) is 1. The maximum absolute atomic E-state index is 13.6. The highest BCUT2D eigenvalue weighted by molar-refractivity contribution is 6.31. The minimum absolute atomic E-state index is 0.212. The fourth-order valence-electron chi connectivity index (χ4n) is 3.90. The molecule has 0 atom stereocenters. The summed E-state index contributed by atoms with van der Waals surface area (Å²) in [4.78, 5) is 37.2. The van der Waals surface area contributed by atoms with Crippen molar-refractivity contribution in [3.05, 3.63) is 94.6 Å². The van der Waals surface area contributed by atoms with Gasteiger partial charge in [0.05, 0.1) is 17.7 Å². The number of amides is 2. The number of aromatic nitrogens is 1. The van der Waals surface area contributed by atoms with Crippen LogP contribution in [0.2, 0.25) is 5.02 Å². The van der Waals surface area contributed by atoms with E-state index in [0.717, 1.165) is 12.0 Å². The summed E-state index contributed by atoms with van der Waals surface area (Å²) in [5.74, 6) is -1.30. The van der Waals surface area contributed by atoms with E-state index < -0.39 is 12.0 Å². The Morgan fingerprint density at radius 2 is 1.72 bits per heavy atom. The lowest BCUT2D eigenvalue weighted by atomic mass is 10.1. The van der Waals surface area contributed by atoms with Crippen molar-refractivity contribution in [2.45, 2.75) is 19.9 Å². The molecule has 0 spiro atoms. The van der Waals surface area contributed by atoms with Gasteiger partial charge in [0.25, 0.3) is 5.91 Å². The average molecular weight is 505 g/mol. The van der Waals surface area contributed by atoms with Crippen LogP contribution in [0.5, 0.6) is 0 Å². The molecule has 8 nitrogen and oxygen atoms in total. The zero-order chi connectivity index (χ0) is 25.7. The fourth-order valence-corrected chi connectivity index (χ4v) is 4.07. The first-order valence-corrected chi connectivity index (χ1v) is 11.8. The van der Waals surface area contributed by atoms with Crippen molar-refractivity contribution in [3.8, 4) is 0 Å². The quantitative estimate of drug-likeness (QED) is 0.258. The van der Waals surface area contributed by atoms with Gasteiger partial charge in [0.15, 0.2) is 0 Å². The molecule has 4 N–H and O–H groups in total. The van der Waals surface area contributed by atoms with Gasteiger partial charge in [-0.05, 0) is 53.9 Å². The molecule has 1 heterocycles. The SMILES string of the molecule is CCc1ccc(NC(=O)Nc2cn(C(=O)c3ccccc3CNCC(=O)O)c3ccc(Cl)cc23)cc1. The van der Waals surface area contributed by atoms with Gasteiger partial charge in [0, 0.05) is 34.4 Å². The van der Waals surface area contributed by atoms with Crippen molar-refractivity contribution >= 4 is 51.8 Å². The van der Waals surface area contributed by atoms with Gasteiger partial charge in [-0.15, -0.1) is 0 Å². The van der Waals surface area contributed by atoms with Gasteiger partial charge in [-0.25, -0.2) is 4.79 Å². The van der Waals surface area contributed by atoms with E-state index in [1.807, 2.05) is 24.3 Å². The van der Waals surface area contributed by atoms with E-state index in [4.69, 9.17) is 16.7 Å². The molecule has 0 aliphatic carbocycles. The van der Waals surface area contributed by atoms with Gasteiger partial charge in [0.1, 0.15) is 0 Å². The van der Waals surface area contributed by atoms with Crippen molar-refractivity contribution in [1.82, 2.24) is 9.88 Å². The number of urea groups is 1. The molecule has 4 rings (SSSR count). The van der Waals surface area contributed by atoms with Crippen LogP contribution in [0.3, 0.4) is 0 Å². The van der Waals surface area contributed by atoms with Crippen molar-refractivity contribution in [1.29, 1.82) is 0 Å². The number of anilines is 2. The van der Waals surface area contributed by atoms with Crippen molar-refractivity contribution < 1.29 is 19.5 Å². The number of aliphatic carboxylic acids is 1. The largest absolute Gasteiger partial charge is 0.480 e. The molecule has 0 unspecified atom stereocenters. The molecule has 0 saturated carbocycles. The predicted molar refractivity (Wildman–Crippen MR) is 141 cm³/mol. The maximum atomic E-state index is 13.6. The third-order valence-corrected chi connectivity index (χ3v) is 5.93. The van der Waals surface area contributed by atoms with Crippen LogP contribution in [-0.4, -0.2) is 34.1 Å². The van der Waals surface area contributed by atoms with Gasteiger partial charge in [0.2, 0.25) is 0 Å². The first-order valence-electron chi connectivity index (χ1n) is 11.4. The molecule has 0 bridgehead atoms. The van der Waals surface area contributed by atoms with Gasteiger partial charge in [-0.2, -0.15) is 0 Å². The molecule has 36 heavy (non-hydrogen) atoms. The van der Waals surface area contributed by atoms with E-state index in [2.05, 4.69) is 22.9 Å².